The van der Waals surface area contributed by atoms with Crippen molar-refractivity contribution in [2.45, 2.75) is 31.7 Å². The molecule has 1 aromatic carbocycles. The van der Waals surface area contributed by atoms with Crippen LogP contribution in [0.1, 0.15) is 25.7 Å². The van der Waals surface area contributed by atoms with Gasteiger partial charge in [-0.2, -0.15) is 4.98 Å². The van der Waals surface area contributed by atoms with Crippen LogP contribution in [0.25, 0.3) is 11.1 Å². The van der Waals surface area contributed by atoms with Crippen LogP contribution in [0.2, 0.25) is 0 Å². The Kier molecular flexibility index (Phi) is 4.14. The molecule has 2 saturated heterocycles. The standard InChI is InChI=1S/C18H23N3O3/c22-17(23)13-4-3-9-21(12-13)14-7-10-20(11-8-14)18-19-15-5-1-2-6-16(15)24-18/h1-2,5-6,13-14H,3-4,7-12H2,(H,22,23). The zero-order valence-corrected chi connectivity index (χ0v) is 13.7. The van der Waals surface area contributed by atoms with E-state index in [1.807, 2.05) is 24.3 Å². The summed E-state index contributed by atoms with van der Waals surface area (Å²) in [4.78, 5) is 20.4. The summed E-state index contributed by atoms with van der Waals surface area (Å²) in [6.07, 6.45) is 3.87. The molecule has 1 aromatic heterocycles. The Balaban J connectivity index is 1.38. The summed E-state index contributed by atoms with van der Waals surface area (Å²) >= 11 is 0. The molecule has 2 aromatic rings. The lowest BCUT2D eigenvalue weighted by atomic mass is 9.94. The fraction of sp³-hybridized carbons (Fsp3) is 0.556. The molecule has 0 saturated carbocycles. The Morgan fingerprint density at radius 1 is 1.17 bits per heavy atom. The zero-order valence-electron chi connectivity index (χ0n) is 13.7. The molecule has 3 heterocycles. The molecule has 2 aliphatic heterocycles. The molecular formula is C18H23N3O3. The van der Waals surface area contributed by atoms with Crippen LogP contribution in [-0.2, 0) is 4.79 Å². The fourth-order valence-electron chi connectivity index (χ4n) is 3.96. The van der Waals surface area contributed by atoms with Gasteiger partial charge in [-0.25, -0.2) is 0 Å². The number of rotatable bonds is 3. The smallest absolute Gasteiger partial charge is 0.307 e. The first-order valence-corrected chi connectivity index (χ1v) is 8.78. The molecule has 6 nitrogen and oxygen atoms in total. The highest BCUT2D eigenvalue weighted by Gasteiger charge is 2.32. The van der Waals surface area contributed by atoms with Gasteiger partial charge in [0.2, 0.25) is 0 Å². The van der Waals surface area contributed by atoms with Crippen LogP contribution in [0, 0.1) is 5.92 Å². The summed E-state index contributed by atoms with van der Waals surface area (Å²) < 4.78 is 5.86. The van der Waals surface area contributed by atoms with Gasteiger partial charge in [-0.1, -0.05) is 12.1 Å². The fourth-order valence-corrected chi connectivity index (χ4v) is 3.96. The molecule has 0 spiro atoms. The highest BCUT2D eigenvalue weighted by atomic mass is 16.4. The molecular weight excluding hydrogens is 306 g/mol. The summed E-state index contributed by atoms with van der Waals surface area (Å²) in [6, 6.07) is 9.02. The predicted molar refractivity (Wildman–Crippen MR) is 91.2 cm³/mol. The molecule has 1 unspecified atom stereocenters. The number of carboxylic acid groups (broad SMARTS) is 1. The molecule has 128 valence electrons. The van der Waals surface area contributed by atoms with E-state index in [2.05, 4.69) is 14.8 Å². The average Bonchev–Trinajstić information content (AvgIpc) is 3.06. The lowest BCUT2D eigenvalue weighted by Crippen LogP contribution is -2.49. The van der Waals surface area contributed by atoms with E-state index in [0.717, 1.165) is 56.4 Å². The number of aromatic nitrogens is 1. The number of benzene rings is 1. The van der Waals surface area contributed by atoms with Crippen LogP contribution in [0.4, 0.5) is 6.01 Å². The van der Waals surface area contributed by atoms with Gasteiger partial charge in [0.15, 0.2) is 5.58 Å². The van der Waals surface area contributed by atoms with Gasteiger partial charge in [-0.15, -0.1) is 0 Å². The van der Waals surface area contributed by atoms with Crippen LogP contribution < -0.4 is 4.90 Å². The van der Waals surface area contributed by atoms with Crippen molar-refractivity contribution in [1.82, 2.24) is 9.88 Å². The molecule has 0 radical (unpaired) electrons. The second kappa shape index (κ2) is 6.43. The summed E-state index contributed by atoms with van der Waals surface area (Å²) in [5, 5.41) is 9.26. The molecule has 0 aliphatic carbocycles. The maximum Gasteiger partial charge on any atom is 0.307 e. The summed E-state index contributed by atoms with van der Waals surface area (Å²) in [5.41, 5.74) is 1.73. The number of hydrogen-bond donors (Lipinski definition) is 1. The summed E-state index contributed by atoms with van der Waals surface area (Å²) in [5.74, 6) is -0.850. The third-order valence-corrected chi connectivity index (χ3v) is 5.34. The van der Waals surface area contributed by atoms with Crippen molar-refractivity contribution in [1.29, 1.82) is 0 Å². The van der Waals surface area contributed by atoms with Crippen molar-refractivity contribution in [2.75, 3.05) is 31.1 Å². The molecule has 1 atom stereocenters. The Hall–Kier alpha value is -2.08. The second-order valence-corrected chi connectivity index (χ2v) is 6.85. The topological polar surface area (TPSA) is 69.8 Å². The summed E-state index contributed by atoms with van der Waals surface area (Å²) in [6.45, 7) is 3.54. The van der Waals surface area contributed by atoms with Crippen LogP contribution in [-0.4, -0.2) is 53.2 Å². The highest BCUT2D eigenvalue weighted by molar-refractivity contribution is 5.74. The minimum absolute atomic E-state index is 0.200. The van der Waals surface area contributed by atoms with Gasteiger partial charge >= 0.3 is 5.97 Å². The Morgan fingerprint density at radius 2 is 1.96 bits per heavy atom. The molecule has 24 heavy (non-hydrogen) atoms. The number of nitrogens with zero attached hydrogens (tertiary/aromatic N) is 3. The third kappa shape index (κ3) is 2.98. The van der Waals surface area contributed by atoms with Gasteiger partial charge in [0, 0.05) is 25.7 Å². The first-order chi connectivity index (χ1) is 11.7. The lowest BCUT2D eigenvalue weighted by molar-refractivity contribution is -0.144. The largest absolute Gasteiger partial charge is 0.481 e. The normalized spacial score (nSPS) is 23.7. The number of likely N-dealkylation sites (tertiary alicyclic amines) is 1. The van der Waals surface area contributed by atoms with Crippen molar-refractivity contribution in [3.05, 3.63) is 24.3 Å². The number of hydrogen-bond acceptors (Lipinski definition) is 5. The predicted octanol–water partition coefficient (Wildman–Crippen LogP) is 2.59. The quantitative estimate of drug-likeness (QED) is 0.933. The maximum atomic E-state index is 11.2. The number of piperidine rings is 2. The molecule has 6 heteroatoms. The highest BCUT2D eigenvalue weighted by Crippen LogP contribution is 2.28. The minimum atomic E-state index is -0.649. The number of oxazole rings is 1. The minimum Gasteiger partial charge on any atom is -0.481 e. The first kappa shape index (κ1) is 15.4. The molecule has 0 amide bonds. The van der Waals surface area contributed by atoms with E-state index < -0.39 is 5.97 Å². The van der Waals surface area contributed by atoms with Crippen LogP contribution in [0.3, 0.4) is 0 Å². The van der Waals surface area contributed by atoms with Crippen molar-refractivity contribution < 1.29 is 14.3 Å². The average molecular weight is 329 g/mol. The number of carboxylic acids is 1. The second-order valence-electron chi connectivity index (χ2n) is 6.85. The van der Waals surface area contributed by atoms with Crippen molar-refractivity contribution in [2.24, 2.45) is 5.92 Å². The van der Waals surface area contributed by atoms with Crippen LogP contribution >= 0.6 is 0 Å². The third-order valence-electron chi connectivity index (χ3n) is 5.34. The number of carbonyl (C=O) groups is 1. The van der Waals surface area contributed by atoms with Crippen LogP contribution in [0.15, 0.2) is 28.7 Å². The van der Waals surface area contributed by atoms with E-state index in [9.17, 15) is 9.90 Å². The Bertz CT molecular complexity index is 688. The van der Waals surface area contributed by atoms with Crippen molar-refractivity contribution >= 4 is 23.1 Å². The van der Waals surface area contributed by atoms with Gasteiger partial charge < -0.3 is 14.4 Å². The molecule has 2 aliphatic rings. The molecule has 0 bridgehead atoms. The van der Waals surface area contributed by atoms with Gasteiger partial charge in [-0.3, -0.25) is 9.69 Å². The van der Waals surface area contributed by atoms with E-state index in [1.54, 1.807) is 0 Å². The molecule has 4 rings (SSSR count). The van der Waals surface area contributed by atoms with Crippen LogP contribution in [0.5, 0.6) is 0 Å². The first-order valence-electron chi connectivity index (χ1n) is 8.78. The van der Waals surface area contributed by atoms with Crippen molar-refractivity contribution in [3.8, 4) is 0 Å². The van der Waals surface area contributed by atoms with E-state index >= 15 is 0 Å². The number of fused-ring (bicyclic) bond motifs is 1. The monoisotopic (exact) mass is 329 g/mol. The molecule has 2 fully saturated rings. The van der Waals surface area contributed by atoms with E-state index in [-0.39, 0.29) is 5.92 Å². The number of aliphatic carboxylic acids is 1. The SMILES string of the molecule is O=C(O)C1CCCN(C2CCN(c3nc4ccccc4o3)CC2)C1. The van der Waals surface area contributed by atoms with E-state index in [4.69, 9.17) is 4.42 Å². The van der Waals surface area contributed by atoms with E-state index in [1.165, 1.54) is 0 Å². The summed E-state index contributed by atoms with van der Waals surface area (Å²) in [7, 11) is 0. The Morgan fingerprint density at radius 3 is 2.71 bits per heavy atom. The van der Waals surface area contributed by atoms with Crippen molar-refractivity contribution in [3.63, 3.8) is 0 Å². The van der Waals surface area contributed by atoms with E-state index in [0.29, 0.717) is 18.6 Å². The lowest BCUT2D eigenvalue weighted by Gasteiger charge is -2.41. The van der Waals surface area contributed by atoms with Gasteiger partial charge in [0.05, 0.1) is 5.92 Å². The molecule has 1 N–H and O–H groups in total. The maximum absolute atomic E-state index is 11.2. The van der Waals surface area contributed by atoms with Gasteiger partial charge in [0.25, 0.3) is 6.01 Å². The number of anilines is 1. The Labute approximate surface area is 141 Å². The zero-order chi connectivity index (χ0) is 16.5. The van der Waals surface area contributed by atoms with Gasteiger partial charge in [-0.05, 0) is 44.4 Å². The van der Waals surface area contributed by atoms with Gasteiger partial charge in [0.1, 0.15) is 5.52 Å². The number of para-hydroxylation sites is 2.